The Kier molecular flexibility index (Phi) is 3.27. The summed E-state index contributed by atoms with van der Waals surface area (Å²) in [5.74, 6) is 0. The molecule has 2 nitrogen and oxygen atoms in total. The van der Waals surface area contributed by atoms with Gasteiger partial charge in [-0.05, 0) is 65.0 Å². The van der Waals surface area contributed by atoms with Crippen LogP contribution in [0.5, 0.6) is 0 Å². The Balaban J connectivity index is 2.00. The molecule has 94 valence electrons. The maximum atomic E-state index is 5.34. The molecule has 1 aliphatic carbocycles. The summed E-state index contributed by atoms with van der Waals surface area (Å²) in [5, 5.41) is 3.36. The molecule has 0 bridgehead atoms. The van der Waals surface area contributed by atoms with E-state index in [1.54, 1.807) is 6.26 Å². The van der Waals surface area contributed by atoms with Crippen LogP contribution in [0.4, 0.5) is 0 Å². The second kappa shape index (κ2) is 4.90. The third-order valence-electron chi connectivity index (χ3n) is 3.70. The summed E-state index contributed by atoms with van der Waals surface area (Å²) in [6, 6.07) is 9.03. The van der Waals surface area contributed by atoms with Gasteiger partial charge in [-0.15, -0.1) is 0 Å². The number of nitrogens with one attached hydrogen (secondary N) is 1. The average Bonchev–Trinajstić information content (AvgIpc) is 2.99. The Hall–Kier alpha value is -1.06. The van der Waals surface area contributed by atoms with Crippen LogP contribution in [0.2, 0.25) is 0 Å². The molecule has 0 saturated heterocycles. The van der Waals surface area contributed by atoms with E-state index in [4.69, 9.17) is 4.42 Å². The molecule has 2 aromatic rings. The van der Waals surface area contributed by atoms with Gasteiger partial charge in [-0.1, -0.05) is 18.2 Å². The fourth-order valence-electron chi connectivity index (χ4n) is 2.78. The second-order valence-electron chi connectivity index (χ2n) is 4.75. The van der Waals surface area contributed by atoms with Gasteiger partial charge in [0.25, 0.3) is 0 Å². The van der Waals surface area contributed by atoms with Crippen LogP contribution in [-0.2, 0) is 12.8 Å². The number of fused-ring (bicyclic) bond motifs is 1. The molecule has 1 aromatic carbocycles. The van der Waals surface area contributed by atoms with Gasteiger partial charge in [0.2, 0.25) is 0 Å². The van der Waals surface area contributed by atoms with Gasteiger partial charge in [0, 0.05) is 5.56 Å². The Bertz CT molecular complexity index is 561. The highest BCUT2D eigenvalue weighted by atomic mass is 79.9. The molecule has 1 N–H and O–H groups in total. The zero-order chi connectivity index (χ0) is 12.5. The second-order valence-corrected chi connectivity index (χ2v) is 5.47. The first-order valence-electron chi connectivity index (χ1n) is 6.31. The minimum atomic E-state index is 0.184. The van der Waals surface area contributed by atoms with E-state index in [9.17, 15) is 0 Å². The van der Waals surface area contributed by atoms with E-state index in [1.807, 2.05) is 13.1 Å². The molecule has 0 saturated carbocycles. The van der Waals surface area contributed by atoms with Crippen molar-refractivity contribution in [2.24, 2.45) is 0 Å². The fourth-order valence-corrected chi connectivity index (χ4v) is 3.25. The minimum absolute atomic E-state index is 0.184. The highest BCUT2D eigenvalue weighted by Crippen LogP contribution is 2.32. The monoisotopic (exact) mass is 305 g/mol. The van der Waals surface area contributed by atoms with Gasteiger partial charge in [-0.25, -0.2) is 0 Å². The third-order valence-corrected chi connectivity index (χ3v) is 4.35. The summed E-state index contributed by atoms with van der Waals surface area (Å²) in [5.41, 5.74) is 5.47. The molecule has 0 radical (unpaired) electrons. The van der Waals surface area contributed by atoms with E-state index >= 15 is 0 Å². The molecule has 1 atom stereocenters. The van der Waals surface area contributed by atoms with Gasteiger partial charge in [-0.3, -0.25) is 0 Å². The number of rotatable bonds is 3. The van der Waals surface area contributed by atoms with Crippen molar-refractivity contribution in [2.75, 3.05) is 7.05 Å². The van der Waals surface area contributed by atoms with Crippen molar-refractivity contribution < 1.29 is 4.42 Å². The molecule has 3 rings (SSSR count). The first-order chi connectivity index (χ1) is 8.79. The maximum Gasteiger partial charge on any atom is 0.174 e. The molecular formula is C15H16BrNO. The van der Waals surface area contributed by atoms with Crippen molar-refractivity contribution >= 4 is 15.9 Å². The number of furan rings is 1. The van der Waals surface area contributed by atoms with Crippen molar-refractivity contribution in [3.05, 3.63) is 57.5 Å². The van der Waals surface area contributed by atoms with Crippen LogP contribution in [0, 0.1) is 0 Å². The number of aryl methyl sites for hydroxylation is 2. The molecule has 0 spiro atoms. The highest BCUT2D eigenvalue weighted by molar-refractivity contribution is 9.10. The summed E-state index contributed by atoms with van der Waals surface area (Å²) < 4.78 is 6.15. The predicted octanol–water partition coefficient (Wildman–Crippen LogP) is 3.84. The number of hydrogen-bond donors (Lipinski definition) is 1. The van der Waals surface area contributed by atoms with Crippen LogP contribution in [0.25, 0.3) is 0 Å². The molecular weight excluding hydrogens is 290 g/mol. The Morgan fingerprint density at radius 3 is 2.78 bits per heavy atom. The lowest BCUT2D eigenvalue weighted by Gasteiger charge is -2.17. The zero-order valence-corrected chi connectivity index (χ0v) is 12.0. The first-order valence-corrected chi connectivity index (χ1v) is 7.10. The molecule has 1 heterocycles. The Morgan fingerprint density at radius 1 is 1.22 bits per heavy atom. The van der Waals surface area contributed by atoms with Gasteiger partial charge in [0.1, 0.15) is 0 Å². The van der Waals surface area contributed by atoms with Crippen molar-refractivity contribution in [3.63, 3.8) is 0 Å². The Morgan fingerprint density at radius 2 is 2.06 bits per heavy atom. The normalized spacial score (nSPS) is 15.7. The summed E-state index contributed by atoms with van der Waals surface area (Å²) in [6.45, 7) is 0. The van der Waals surface area contributed by atoms with E-state index in [0.717, 1.165) is 10.2 Å². The molecule has 1 aliphatic rings. The first kappa shape index (κ1) is 12.0. The standard InChI is InChI=1S/C15H16BrNO/c1-17-14(13-7-8-18-15(13)16)12-6-5-10-3-2-4-11(10)9-12/h5-9,14,17H,2-4H2,1H3. The lowest BCUT2D eigenvalue weighted by molar-refractivity contribution is 0.530. The third kappa shape index (κ3) is 2.02. The minimum Gasteiger partial charge on any atom is -0.457 e. The van der Waals surface area contributed by atoms with E-state index in [0.29, 0.717) is 0 Å². The smallest absolute Gasteiger partial charge is 0.174 e. The lowest BCUT2D eigenvalue weighted by atomic mass is 9.97. The van der Waals surface area contributed by atoms with Crippen LogP contribution in [-0.4, -0.2) is 7.05 Å². The summed E-state index contributed by atoms with van der Waals surface area (Å²) >= 11 is 3.46. The van der Waals surface area contributed by atoms with Crippen LogP contribution < -0.4 is 5.32 Å². The van der Waals surface area contributed by atoms with Gasteiger partial charge < -0.3 is 9.73 Å². The van der Waals surface area contributed by atoms with Crippen molar-refractivity contribution in [1.82, 2.24) is 5.32 Å². The largest absolute Gasteiger partial charge is 0.457 e. The molecule has 1 unspecified atom stereocenters. The van der Waals surface area contributed by atoms with Crippen LogP contribution >= 0.6 is 15.9 Å². The van der Waals surface area contributed by atoms with E-state index < -0.39 is 0 Å². The number of benzene rings is 1. The van der Waals surface area contributed by atoms with Gasteiger partial charge >= 0.3 is 0 Å². The van der Waals surface area contributed by atoms with Crippen LogP contribution in [0.15, 0.2) is 39.6 Å². The van der Waals surface area contributed by atoms with Crippen LogP contribution in [0.3, 0.4) is 0 Å². The lowest BCUT2D eigenvalue weighted by Crippen LogP contribution is -2.17. The summed E-state index contributed by atoms with van der Waals surface area (Å²) in [6.07, 6.45) is 5.46. The van der Waals surface area contributed by atoms with E-state index in [-0.39, 0.29) is 6.04 Å². The van der Waals surface area contributed by atoms with Crippen molar-refractivity contribution in [1.29, 1.82) is 0 Å². The van der Waals surface area contributed by atoms with Crippen LogP contribution in [0.1, 0.15) is 34.7 Å². The quantitative estimate of drug-likeness (QED) is 0.932. The SMILES string of the molecule is CNC(c1ccc2c(c1)CCC2)c1ccoc1Br. The molecule has 1 aromatic heterocycles. The molecule has 0 amide bonds. The van der Waals surface area contributed by atoms with Gasteiger partial charge in [-0.2, -0.15) is 0 Å². The highest BCUT2D eigenvalue weighted by Gasteiger charge is 2.19. The van der Waals surface area contributed by atoms with Crippen molar-refractivity contribution in [3.8, 4) is 0 Å². The molecule has 18 heavy (non-hydrogen) atoms. The Labute approximate surface area is 116 Å². The predicted molar refractivity (Wildman–Crippen MR) is 75.8 cm³/mol. The van der Waals surface area contributed by atoms with Crippen molar-refractivity contribution in [2.45, 2.75) is 25.3 Å². The zero-order valence-electron chi connectivity index (χ0n) is 10.4. The molecule has 0 fully saturated rings. The number of halogens is 1. The van der Waals surface area contributed by atoms with E-state index in [2.05, 4.69) is 39.4 Å². The maximum absolute atomic E-state index is 5.34. The molecule has 0 aliphatic heterocycles. The topological polar surface area (TPSA) is 25.2 Å². The summed E-state index contributed by atoms with van der Waals surface area (Å²) in [4.78, 5) is 0. The average molecular weight is 306 g/mol. The summed E-state index contributed by atoms with van der Waals surface area (Å²) in [7, 11) is 1.98. The fraction of sp³-hybridized carbons (Fsp3) is 0.333. The van der Waals surface area contributed by atoms with Gasteiger partial charge in [0.15, 0.2) is 4.67 Å². The van der Waals surface area contributed by atoms with Gasteiger partial charge in [0.05, 0.1) is 12.3 Å². The molecule has 3 heteroatoms. The number of hydrogen-bond acceptors (Lipinski definition) is 2. The van der Waals surface area contributed by atoms with E-state index in [1.165, 1.54) is 36.0 Å².